The maximum absolute atomic E-state index is 12.3. The molecule has 1 atom stereocenters. The van der Waals surface area contributed by atoms with Crippen LogP contribution >= 0.6 is 0 Å². The van der Waals surface area contributed by atoms with E-state index in [2.05, 4.69) is 15.5 Å². The lowest BCUT2D eigenvalue weighted by molar-refractivity contribution is 0.0386. The van der Waals surface area contributed by atoms with Gasteiger partial charge in [0.2, 0.25) is 0 Å². The first-order chi connectivity index (χ1) is 16.1. The van der Waals surface area contributed by atoms with E-state index in [1.807, 2.05) is 31.2 Å². The standard InChI is InChI=1S/C23H28N6O4/c1-2-24-22(30)25-16-5-3-15(4-6-16)20-26-19-17(21(27-20)28-10-13-32-14-11-28)7-9-29-18(19)8-12-33-23(29)31/h3-6,18H,2,7-14H2,1H3,(H2,24,25,30)/t18-/m1/s1. The van der Waals surface area contributed by atoms with Gasteiger partial charge in [-0.1, -0.05) is 0 Å². The third kappa shape index (κ3) is 4.30. The van der Waals surface area contributed by atoms with E-state index in [0.29, 0.717) is 57.3 Å². The van der Waals surface area contributed by atoms with Crippen LogP contribution in [0.2, 0.25) is 0 Å². The summed E-state index contributed by atoms with van der Waals surface area (Å²) in [5, 5.41) is 5.52. The van der Waals surface area contributed by atoms with E-state index in [0.717, 1.165) is 35.7 Å². The molecule has 0 aliphatic carbocycles. The Bertz CT molecular complexity index is 1040. The summed E-state index contributed by atoms with van der Waals surface area (Å²) in [5.74, 6) is 1.54. The highest BCUT2D eigenvalue weighted by Gasteiger charge is 2.38. The Hall–Kier alpha value is -3.40. The number of urea groups is 1. The lowest BCUT2D eigenvalue weighted by Crippen LogP contribution is -2.46. The van der Waals surface area contributed by atoms with Gasteiger partial charge in [-0.05, 0) is 37.6 Å². The Kier molecular flexibility index (Phi) is 5.99. The highest BCUT2D eigenvalue weighted by Crippen LogP contribution is 2.39. The number of carbonyl (C=O) groups excluding carboxylic acids is 2. The number of morpholine rings is 1. The third-order valence-corrected chi connectivity index (χ3v) is 6.21. The molecule has 2 aromatic rings. The Balaban J connectivity index is 1.52. The number of carbonyl (C=O) groups is 2. The van der Waals surface area contributed by atoms with Crippen molar-refractivity contribution in [2.45, 2.75) is 25.8 Å². The molecule has 3 aliphatic heterocycles. The fourth-order valence-electron chi connectivity index (χ4n) is 4.60. The van der Waals surface area contributed by atoms with E-state index in [-0.39, 0.29) is 18.2 Å². The molecule has 0 bridgehead atoms. The van der Waals surface area contributed by atoms with Crippen LogP contribution in [0.15, 0.2) is 24.3 Å². The number of ether oxygens (including phenoxy) is 2. The Labute approximate surface area is 192 Å². The van der Waals surface area contributed by atoms with Gasteiger partial charge < -0.3 is 25.0 Å². The number of fused-ring (bicyclic) bond motifs is 3. The first kappa shape index (κ1) is 21.4. The first-order valence-electron chi connectivity index (χ1n) is 11.5. The second kappa shape index (κ2) is 9.22. The number of cyclic esters (lactones) is 1. The average molecular weight is 453 g/mol. The number of hydrogen-bond donors (Lipinski definition) is 2. The van der Waals surface area contributed by atoms with Gasteiger partial charge in [-0.2, -0.15) is 0 Å². The van der Waals surface area contributed by atoms with Crippen molar-refractivity contribution in [1.82, 2.24) is 20.2 Å². The summed E-state index contributed by atoms with van der Waals surface area (Å²) in [7, 11) is 0. The van der Waals surface area contributed by atoms with Crippen molar-refractivity contribution in [2.24, 2.45) is 0 Å². The molecule has 3 aliphatic rings. The van der Waals surface area contributed by atoms with E-state index in [4.69, 9.17) is 19.4 Å². The smallest absolute Gasteiger partial charge is 0.410 e. The highest BCUT2D eigenvalue weighted by atomic mass is 16.6. The van der Waals surface area contributed by atoms with Gasteiger partial charge >= 0.3 is 12.1 Å². The van der Waals surface area contributed by atoms with Gasteiger partial charge in [0.05, 0.1) is 31.6 Å². The van der Waals surface area contributed by atoms with Gasteiger partial charge in [-0.3, -0.25) is 4.90 Å². The first-order valence-corrected chi connectivity index (χ1v) is 11.5. The van der Waals surface area contributed by atoms with E-state index >= 15 is 0 Å². The van der Waals surface area contributed by atoms with Gasteiger partial charge in [-0.25, -0.2) is 19.6 Å². The predicted molar refractivity (Wildman–Crippen MR) is 122 cm³/mol. The number of nitrogens with one attached hydrogen (secondary N) is 2. The maximum atomic E-state index is 12.3. The minimum atomic E-state index is -0.272. The van der Waals surface area contributed by atoms with E-state index < -0.39 is 0 Å². The summed E-state index contributed by atoms with van der Waals surface area (Å²) < 4.78 is 10.8. The fourth-order valence-corrected chi connectivity index (χ4v) is 4.60. The van der Waals surface area contributed by atoms with Crippen LogP contribution in [0.25, 0.3) is 11.4 Å². The van der Waals surface area contributed by atoms with Crippen LogP contribution in [0.5, 0.6) is 0 Å². The van der Waals surface area contributed by atoms with Crippen LogP contribution in [0.3, 0.4) is 0 Å². The summed E-state index contributed by atoms with van der Waals surface area (Å²) in [6.07, 6.45) is 1.14. The minimum Gasteiger partial charge on any atom is -0.449 e. The largest absolute Gasteiger partial charge is 0.449 e. The molecule has 0 radical (unpaired) electrons. The summed E-state index contributed by atoms with van der Waals surface area (Å²) in [5.41, 5.74) is 3.57. The van der Waals surface area contributed by atoms with E-state index in [1.165, 1.54) is 0 Å². The van der Waals surface area contributed by atoms with Crippen molar-refractivity contribution in [2.75, 3.05) is 56.2 Å². The lowest BCUT2D eigenvalue weighted by Gasteiger charge is -2.40. The molecule has 174 valence electrons. The predicted octanol–water partition coefficient (Wildman–Crippen LogP) is 2.56. The van der Waals surface area contributed by atoms with Crippen molar-refractivity contribution >= 4 is 23.6 Å². The number of nitrogens with zero attached hydrogens (tertiary/aromatic N) is 4. The number of amides is 3. The van der Waals surface area contributed by atoms with Gasteiger partial charge in [0.25, 0.3) is 0 Å². The molecule has 3 amide bonds. The average Bonchev–Trinajstić information content (AvgIpc) is 2.84. The van der Waals surface area contributed by atoms with Crippen molar-refractivity contribution < 1.29 is 19.1 Å². The Morgan fingerprint density at radius 1 is 1.12 bits per heavy atom. The molecule has 10 heteroatoms. The molecule has 0 unspecified atom stereocenters. The minimum absolute atomic E-state index is 0.102. The van der Waals surface area contributed by atoms with Crippen LogP contribution in [-0.4, -0.2) is 73.0 Å². The number of aromatic nitrogens is 2. The fraction of sp³-hybridized carbons (Fsp3) is 0.478. The quantitative estimate of drug-likeness (QED) is 0.734. The molecule has 33 heavy (non-hydrogen) atoms. The molecule has 4 heterocycles. The molecule has 0 spiro atoms. The monoisotopic (exact) mass is 452 g/mol. The number of anilines is 2. The molecular weight excluding hydrogens is 424 g/mol. The molecule has 0 saturated carbocycles. The molecule has 2 N–H and O–H groups in total. The molecular formula is C23H28N6O4. The molecule has 10 nitrogen and oxygen atoms in total. The Morgan fingerprint density at radius 2 is 1.91 bits per heavy atom. The molecule has 5 rings (SSSR count). The van der Waals surface area contributed by atoms with Crippen molar-refractivity contribution in [3.8, 4) is 11.4 Å². The lowest BCUT2D eigenvalue weighted by atomic mass is 9.94. The SMILES string of the molecule is CCNC(=O)Nc1ccc(-c2nc3c(c(N4CCOCC4)n2)CCN2C(=O)OCC[C@H]32)cc1. The van der Waals surface area contributed by atoms with E-state index in [9.17, 15) is 9.59 Å². The summed E-state index contributed by atoms with van der Waals surface area (Å²) in [6, 6.07) is 7.15. The van der Waals surface area contributed by atoms with Crippen molar-refractivity contribution in [3.05, 3.63) is 35.5 Å². The van der Waals surface area contributed by atoms with Crippen LogP contribution in [0.1, 0.15) is 30.6 Å². The molecule has 1 aromatic heterocycles. The van der Waals surface area contributed by atoms with Crippen LogP contribution in [0.4, 0.5) is 21.1 Å². The zero-order valence-electron chi connectivity index (χ0n) is 18.7. The van der Waals surface area contributed by atoms with Crippen molar-refractivity contribution in [1.29, 1.82) is 0 Å². The third-order valence-electron chi connectivity index (χ3n) is 6.21. The van der Waals surface area contributed by atoms with E-state index in [1.54, 1.807) is 4.90 Å². The van der Waals surface area contributed by atoms with Crippen LogP contribution < -0.4 is 15.5 Å². The molecule has 2 saturated heterocycles. The molecule has 1 aromatic carbocycles. The second-order valence-corrected chi connectivity index (χ2v) is 8.26. The zero-order valence-corrected chi connectivity index (χ0v) is 18.7. The Morgan fingerprint density at radius 3 is 2.67 bits per heavy atom. The summed E-state index contributed by atoms with van der Waals surface area (Å²) in [4.78, 5) is 38.1. The maximum Gasteiger partial charge on any atom is 0.410 e. The van der Waals surface area contributed by atoms with Gasteiger partial charge in [-0.15, -0.1) is 0 Å². The summed E-state index contributed by atoms with van der Waals surface area (Å²) >= 11 is 0. The second-order valence-electron chi connectivity index (χ2n) is 8.26. The number of rotatable bonds is 4. The zero-order chi connectivity index (χ0) is 22.8. The number of benzene rings is 1. The van der Waals surface area contributed by atoms with Gasteiger partial charge in [0, 0.05) is 49.4 Å². The van der Waals surface area contributed by atoms with Crippen LogP contribution in [0, 0.1) is 0 Å². The topological polar surface area (TPSA) is 109 Å². The number of hydrogen-bond acceptors (Lipinski definition) is 7. The highest BCUT2D eigenvalue weighted by molar-refractivity contribution is 5.89. The van der Waals surface area contributed by atoms with Crippen LogP contribution in [-0.2, 0) is 15.9 Å². The van der Waals surface area contributed by atoms with Crippen molar-refractivity contribution in [3.63, 3.8) is 0 Å². The summed E-state index contributed by atoms with van der Waals surface area (Å²) in [6.45, 7) is 6.30. The van der Waals surface area contributed by atoms with Gasteiger partial charge in [0.1, 0.15) is 5.82 Å². The molecule has 2 fully saturated rings. The van der Waals surface area contributed by atoms with Gasteiger partial charge in [0.15, 0.2) is 5.82 Å². The normalized spacial score (nSPS) is 19.9.